The van der Waals surface area contributed by atoms with Gasteiger partial charge in [0, 0.05) is 30.8 Å². The minimum absolute atomic E-state index is 0.0902. The highest BCUT2D eigenvalue weighted by Crippen LogP contribution is 2.42. The van der Waals surface area contributed by atoms with Crippen molar-refractivity contribution in [2.24, 2.45) is 0 Å². The smallest absolute Gasteiger partial charge is 0.291 e. The number of anilines is 1. The van der Waals surface area contributed by atoms with Crippen LogP contribution in [-0.2, 0) is 5.41 Å². The van der Waals surface area contributed by atoms with E-state index in [2.05, 4.69) is 22.1 Å². The Morgan fingerprint density at radius 1 is 1.19 bits per heavy atom. The summed E-state index contributed by atoms with van der Waals surface area (Å²) in [5.41, 5.74) is 8.55. The van der Waals surface area contributed by atoms with Crippen molar-refractivity contribution in [3.63, 3.8) is 0 Å². The van der Waals surface area contributed by atoms with Crippen molar-refractivity contribution in [2.75, 3.05) is 18.8 Å². The molecule has 6 nitrogen and oxygen atoms in total. The number of hydrogen-bond donors (Lipinski definition) is 1. The number of nitrogen functional groups attached to an aromatic ring is 1. The second-order valence-corrected chi connectivity index (χ2v) is 7.85. The number of aryl methyl sites for hydroxylation is 2. The van der Waals surface area contributed by atoms with Crippen molar-refractivity contribution in [1.29, 1.82) is 0 Å². The lowest BCUT2D eigenvalue weighted by atomic mass is 9.70. The Bertz CT molecular complexity index is 956. The van der Waals surface area contributed by atoms with E-state index in [9.17, 15) is 4.79 Å². The number of thiazole rings is 1. The van der Waals surface area contributed by atoms with Crippen LogP contribution in [0.1, 0.15) is 46.2 Å². The monoisotopic (exact) mass is 382 g/mol. The molecule has 0 bridgehead atoms. The van der Waals surface area contributed by atoms with Gasteiger partial charge in [-0.3, -0.25) is 4.79 Å². The molecule has 1 aliphatic rings. The second-order valence-electron chi connectivity index (χ2n) is 6.96. The van der Waals surface area contributed by atoms with Crippen molar-refractivity contribution < 1.29 is 9.21 Å². The lowest BCUT2D eigenvalue weighted by molar-refractivity contribution is 0.0649. The summed E-state index contributed by atoms with van der Waals surface area (Å²) >= 11 is 1.46. The average molecular weight is 382 g/mol. The molecule has 2 N–H and O–H groups in total. The van der Waals surface area contributed by atoms with Crippen molar-refractivity contribution in [3.8, 4) is 0 Å². The highest BCUT2D eigenvalue weighted by molar-refractivity contribution is 7.13. The van der Waals surface area contributed by atoms with E-state index in [0.717, 1.165) is 18.5 Å². The number of aromatic nitrogens is 2. The first kappa shape index (κ1) is 17.7. The Morgan fingerprint density at radius 2 is 1.89 bits per heavy atom. The van der Waals surface area contributed by atoms with Crippen molar-refractivity contribution >= 4 is 22.4 Å². The molecule has 3 heterocycles. The van der Waals surface area contributed by atoms with Gasteiger partial charge in [-0.15, -0.1) is 11.3 Å². The average Bonchev–Trinajstić information content (AvgIpc) is 3.27. The van der Waals surface area contributed by atoms with Crippen LogP contribution >= 0.6 is 11.3 Å². The third-order valence-electron chi connectivity index (χ3n) is 5.34. The number of carbonyl (C=O) groups excluding carboxylic acids is 1. The number of rotatable bonds is 3. The zero-order valence-electron chi connectivity index (χ0n) is 15.4. The maximum Gasteiger partial charge on any atom is 0.291 e. The molecular weight excluding hydrogens is 360 g/mol. The molecule has 0 spiro atoms. The summed E-state index contributed by atoms with van der Waals surface area (Å²) in [5, 5.41) is 2.62. The summed E-state index contributed by atoms with van der Waals surface area (Å²) in [5.74, 6) is 0.773. The molecule has 140 valence electrons. The van der Waals surface area contributed by atoms with E-state index in [-0.39, 0.29) is 11.3 Å². The summed E-state index contributed by atoms with van der Waals surface area (Å²) in [4.78, 5) is 23.5. The molecule has 1 fully saturated rings. The van der Waals surface area contributed by atoms with Crippen LogP contribution in [0.15, 0.2) is 40.1 Å². The minimum Gasteiger partial charge on any atom is -0.436 e. The maximum absolute atomic E-state index is 12.9. The summed E-state index contributed by atoms with van der Waals surface area (Å²) in [6.07, 6.45) is 1.58. The third kappa shape index (κ3) is 3.12. The molecule has 7 heteroatoms. The van der Waals surface area contributed by atoms with Gasteiger partial charge in [0.1, 0.15) is 0 Å². The first-order valence-electron chi connectivity index (χ1n) is 9.00. The van der Waals surface area contributed by atoms with E-state index in [1.165, 1.54) is 16.9 Å². The van der Waals surface area contributed by atoms with Crippen LogP contribution in [0.5, 0.6) is 0 Å². The zero-order valence-corrected chi connectivity index (χ0v) is 16.3. The van der Waals surface area contributed by atoms with Crippen LogP contribution in [0.25, 0.3) is 0 Å². The fraction of sp³-hybridized carbons (Fsp3) is 0.350. The number of piperidine rings is 1. The fourth-order valence-corrected chi connectivity index (χ4v) is 4.58. The van der Waals surface area contributed by atoms with E-state index < -0.39 is 0 Å². The van der Waals surface area contributed by atoms with Gasteiger partial charge in [-0.1, -0.05) is 30.3 Å². The van der Waals surface area contributed by atoms with E-state index in [1.807, 2.05) is 28.5 Å². The molecular formula is C20H22N4O2S. The molecule has 0 atom stereocenters. The van der Waals surface area contributed by atoms with Gasteiger partial charge in [-0.2, -0.15) is 0 Å². The molecule has 0 saturated carbocycles. The van der Waals surface area contributed by atoms with Gasteiger partial charge in [0.25, 0.3) is 5.91 Å². The molecule has 1 aromatic carbocycles. The largest absolute Gasteiger partial charge is 0.436 e. The maximum atomic E-state index is 12.9. The summed E-state index contributed by atoms with van der Waals surface area (Å²) in [6.45, 7) is 4.82. The molecule has 1 aliphatic heterocycles. The number of benzene rings is 1. The molecule has 27 heavy (non-hydrogen) atoms. The fourth-order valence-electron chi connectivity index (χ4n) is 3.92. The molecule has 3 aromatic rings. The zero-order chi connectivity index (χ0) is 19.0. The van der Waals surface area contributed by atoms with Crippen LogP contribution in [-0.4, -0.2) is 33.9 Å². The van der Waals surface area contributed by atoms with Gasteiger partial charge in [0.15, 0.2) is 11.0 Å². The Labute approximate surface area is 162 Å². The molecule has 1 saturated heterocycles. The lowest BCUT2D eigenvalue weighted by Gasteiger charge is -2.41. The number of amides is 1. The number of hydrogen-bond acceptors (Lipinski definition) is 6. The first-order chi connectivity index (χ1) is 13.0. The highest BCUT2D eigenvalue weighted by atomic mass is 32.1. The van der Waals surface area contributed by atoms with E-state index in [4.69, 9.17) is 10.2 Å². The topological polar surface area (TPSA) is 85.2 Å². The van der Waals surface area contributed by atoms with Crippen LogP contribution in [0, 0.1) is 13.8 Å². The minimum atomic E-state index is -0.224. The Kier molecular flexibility index (Phi) is 4.47. The molecule has 1 amide bonds. The summed E-state index contributed by atoms with van der Waals surface area (Å²) in [7, 11) is 0. The lowest BCUT2D eigenvalue weighted by Crippen LogP contribution is -2.46. The first-order valence-corrected chi connectivity index (χ1v) is 9.88. The Balaban J connectivity index is 1.62. The van der Waals surface area contributed by atoms with Crippen LogP contribution < -0.4 is 5.73 Å². The second kappa shape index (κ2) is 6.81. The van der Waals surface area contributed by atoms with Crippen LogP contribution in [0.3, 0.4) is 0 Å². The van der Waals surface area contributed by atoms with E-state index in [0.29, 0.717) is 35.6 Å². The van der Waals surface area contributed by atoms with Crippen molar-refractivity contribution in [3.05, 3.63) is 64.3 Å². The normalized spacial score (nSPS) is 16.4. The van der Waals surface area contributed by atoms with Crippen molar-refractivity contribution in [1.82, 2.24) is 14.9 Å². The van der Waals surface area contributed by atoms with E-state index >= 15 is 0 Å². The molecule has 0 aliphatic carbocycles. The highest BCUT2D eigenvalue weighted by Gasteiger charge is 2.41. The van der Waals surface area contributed by atoms with Crippen LogP contribution in [0.2, 0.25) is 0 Å². The number of likely N-dealkylation sites (tertiary alicyclic amines) is 1. The number of nitrogens with zero attached hydrogens (tertiary/aromatic N) is 3. The molecule has 0 radical (unpaired) electrons. The number of oxazole rings is 1. The molecule has 2 aromatic heterocycles. The van der Waals surface area contributed by atoms with Gasteiger partial charge >= 0.3 is 0 Å². The summed E-state index contributed by atoms with van der Waals surface area (Å²) < 4.78 is 5.52. The number of nitrogens with two attached hydrogens (primary N) is 1. The molecule has 4 rings (SSSR count). The quantitative estimate of drug-likeness (QED) is 0.749. The predicted molar refractivity (Wildman–Crippen MR) is 105 cm³/mol. The van der Waals surface area contributed by atoms with Gasteiger partial charge < -0.3 is 15.1 Å². The molecule has 0 unspecified atom stereocenters. The van der Waals surface area contributed by atoms with Crippen molar-refractivity contribution in [2.45, 2.75) is 32.1 Å². The van der Waals surface area contributed by atoms with Gasteiger partial charge in [0.2, 0.25) is 5.76 Å². The standard InChI is InChI=1S/C20H22N4O2S/c1-13-17(26-14(2)22-13)18(25)24-10-8-20(9-11-24,15-6-4-3-5-7-15)16-12-27-19(21)23-16/h3-7,12H,8-11H2,1-2H3,(H2,21,23). The third-order valence-corrected chi connectivity index (χ3v) is 6.01. The Hall–Kier alpha value is -2.67. The number of carbonyl (C=O) groups is 1. The SMILES string of the molecule is Cc1nc(C)c(C(=O)N2CCC(c3ccccc3)(c3csc(N)n3)CC2)o1. The van der Waals surface area contributed by atoms with E-state index in [1.54, 1.807) is 13.8 Å². The van der Waals surface area contributed by atoms with Gasteiger partial charge in [-0.25, -0.2) is 9.97 Å². The Morgan fingerprint density at radius 3 is 2.44 bits per heavy atom. The van der Waals surface area contributed by atoms with Gasteiger partial charge in [-0.05, 0) is 25.3 Å². The predicted octanol–water partition coefficient (Wildman–Crippen LogP) is 3.55. The van der Waals surface area contributed by atoms with Gasteiger partial charge in [0.05, 0.1) is 11.4 Å². The summed E-state index contributed by atoms with van der Waals surface area (Å²) in [6, 6.07) is 10.4. The van der Waals surface area contributed by atoms with Crippen LogP contribution in [0.4, 0.5) is 5.13 Å².